The molecule has 19 heavy (non-hydrogen) atoms. The second-order valence-corrected chi connectivity index (χ2v) is 7.22. The first-order valence-electron chi connectivity index (χ1n) is 7.41. The van der Waals surface area contributed by atoms with Crippen molar-refractivity contribution in [2.24, 2.45) is 22.7 Å². The Labute approximate surface area is 112 Å². The number of carbonyl (C=O) groups is 1. The molecule has 4 aliphatic rings. The van der Waals surface area contributed by atoms with Crippen LogP contribution in [0.2, 0.25) is 0 Å². The van der Waals surface area contributed by atoms with Crippen molar-refractivity contribution in [3.63, 3.8) is 0 Å². The molecule has 2 nitrogen and oxygen atoms in total. The fourth-order valence-electron chi connectivity index (χ4n) is 5.52. The molecule has 4 fully saturated rings. The van der Waals surface area contributed by atoms with Gasteiger partial charge in [0, 0.05) is 5.41 Å². The molecule has 0 aromatic rings. The molecule has 4 heteroatoms. The Morgan fingerprint density at radius 1 is 1.21 bits per heavy atom. The van der Waals surface area contributed by atoms with Gasteiger partial charge in [-0.15, -0.1) is 0 Å². The SMILES string of the molecule is CCC12CC3CC(C1)CC(COC(=O)C(F)F)(C3)C2. The molecular weight excluding hydrogens is 250 g/mol. The number of hydrogen-bond donors (Lipinski definition) is 0. The monoisotopic (exact) mass is 272 g/mol. The number of hydrogen-bond acceptors (Lipinski definition) is 2. The van der Waals surface area contributed by atoms with Crippen molar-refractivity contribution < 1.29 is 18.3 Å². The lowest BCUT2D eigenvalue weighted by molar-refractivity contribution is -0.174. The lowest BCUT2D eigenvalue weighted by Crippen LogP contribution is -2.53. The molecule has 0 saturated heterocycles. The van der Waals surface area contributed by atoms with Crippen molar-refractivity contribution in [2.45, 2.75) is 58.3 Å². The largest absolute Gasteiger partial charge is 0.461 e. The van der Waals surface area contributed by atoms with Crippen LogP contribution in [-0.4, -0.2) is 19.0 Å². The molecule has 0 aromatic heterocycles. The standard InChI is InChI=1S/C15H22F2O2/c1-2-14-4-10-3-11(5-14)7-15(6-10,8-14)9-19-13(18)12(16)17/h10-12H,2-9H2,1H3. The quantitative estimate of drug-likeness (QED) is 0.728. The number of esters is 1. The normalized spacial score (nSPS) is 43.8. The van der Waals surface area contributed by atoms with Crippen LogP contribution in [0.3, 0.4) is 0 Å². The van der Waals surface area contributed by atoms with Crippen LogP contribution in [0.25, 0.3) is 0 Å². The molecule has 2 unspecified atom stereocenters. The van der Waals surface area contributed by atoms with Gasteiger partial charge in [0.2, 0.25) is 0 Å². The second kappa shape index (κ2) is 4.42. The minimum Gasteiger partial charge on any atom is -0.461 e. The summed E-state index contributed by atoms with van der Waals surface area (Å²) in [5.41, 5.74) is 0.409. The second-order valence-electron chi connectivity index (χ2n) is 7.22. The molecule has 0 spiro atoms. The van der Waals surface area contributed by atoms with Crippen molar-refractivity contribution in [1.82, 2.24) is 0 Å². The van der Waals surface area contributed by atoms with Crippen LogP contribution in [0.5, 0.6) is 0 Å². The van der Waals surface area contributed by atoms with E-state index in [1.165, 1.54) is 25.7 Å². The summed E-state index contributed by atoms with van der Waals surface area (Å²) in [5, 5.41) is 0. The minimum atomic E-state index is -2.99. The summed E-state index contributed by atoms with van der Waals surface area (Å²) in [5.74, 6) is 0.110. The summed E-state index contributed by atoms with van der Waals surface area (Å²) >= 11 is 0. The average molecular weight is 272 g/mol. The molecule has 0 amide bonds. The lowest BCUT2D eigenvalue weighted by atomic mass is 9.44. The highest BCUT2D eigenvalue weighted by Crippen LogP contribution is 2.66. The topological polar surface area (TPSA) is 26.3 Å². The smallest absolute Gasteiger partial charge is 0.373 e. The van der Waals surface area contributed by atoms with Gasteiger partial charge in [0.25, 0.3) is 0 Å². The van der Waals surface area contributed by atoms with E-state index in [0.717, 1.165) is 31.1 Å². The maximum atomic E-state index is 12.3. The lowest BCUT2D eigenvalue weighted by Gasteiger charge is -2.62. The van der Waals surface area contributed by atoms with Gasteiger partial charge in [-0.2, -0.15) is 8.78 Å². The van der Waals surface area contributed by atoms with Crippen molar-refractivity contribution in [1.29, 1.82) is 0 Å². The molecule has 0 aliphatic heterocycles. The van der Waals surface area contributed by atoms with E-state index in [0.29, 0.717) is 5.41 Å². The van der Waals surface area contributed by atoms with Crippen LogP contribution in [0.15, 0.2) is 0 Å². The fourth-order valence-corrected chi connectivity index (χ4v) is 5.52. The summed E-state index contributed by atoms with van der Waals surface area (Å²) in [6.45, 7) is 2.46. The minimum absolute atomic E-state index is 0.00461. The van der Waals surface area contributed by atoms with E-state index in [-0.39, 0.29) is 12.0 Å². The molecule has 4 saturated carbocycles. The maximum absolute atomic E-state index is 12.3. The fraction of sp³-hybridized carbons (Fsp3) is 0.933. The van der Waals surface area contributed by atoms with Gasteiger partial charge in [-0.3, -0.25) is 0 Å². The van der Waals surface area contributed by atoms with E-state index in [2.05, 4.69) is 6.92 Å². The Morgan fingerprint density at radius 2 is 1.79 bits per heavy atom. The van der Waals surface area contributed by atoms with Crippen LogP contribution in [-0.2, 0) is 9.53 Å². The maximum Gasteiger partial charge on any atom is 0.373 e. The predicted molar refractivity (Wildman–Crippen MR) is 66.8 cm³/mol. The summed E-state index contributed by atoms with van der Waals surface area (Å²) in [6, 6.07) is 0. The van der Waals surface area contributed by atoms with Gasteiger partial charge in [0.15, 0.2) is 0 Å². The van der Waals surface area contributed by atoms with Crippen LogP contribution in [0.1, 0.15) is 51.9 Å². The van der Waals surface area contributed by atoms with Gasteiger partial charge in [-0.25, -0.2) is 4.79 Å². The molecule has 4 aliphatic carbocycles. The highest BCUT2D eigenvalue weighted by Gasteiger charge is 2.57. The first-order valence-corrected chi connectivity index (χ1v) is 7.41. The number of carbonyl (C=O) groups excluding carboxylic acids is 1. The van der Waals surface area contributed by atoms with Gasteiger partial charge in [0.05, 0.1) is 6.61 Å². The van der Waals surface area contributed by atoms with Gasteiger partial charge < -0.3 is 4.74 Å². The third kappa shape index (κ3) is 2.27. The highest BCUT2D eigenvalue weighted by atomic mass is 19.3. The van der Waals surface area contributed by atoms with Crippen LogP contribution in [0.4, 0.5) is 8.78 Å². The van der Waals surface area contributed by atoms with E-state index in [1.54, 1.807) is 0 Å². The number of ether oxygens (including phenoxy) is 1. The number of alkyl halides is 2. The Morgan fingerprint density at radius 3 is 2.32 bits per heavy atom. The molecule has 0 N–H and O–H groups in total. The highest BCUT2D eigenvalue weighted by molar-refractivity contribution is 5.72. The zero-order chi connectivity index (χ0) is 13.7. The Balaban J connectivity index is 1.72. The number of halogens is 2. The summed E-state index contributed by atoms with van der Waals surface area (Å²) in [4.78, 5) is 11.0. The third-order valence-electron chi connectivity index (χ3n) is 5.75. The molecule has 0 radical (unpaired) electrons. The molecule has 108 valence electrons. The van der Waals surface area contributed by atoms with Crippen LogP contribution < -0.4 is 0 Å². The summed E-state index contributed by atoms with van der Waals surface area (Å²) in [7, 11) is 0. The van der Waals surface area contributed by atoms with E-state index in [9.17, 15) is 13.6 Å². The summed E-state index contributed by atoms with van der Waals surface area (Å²) in [6.07, 6.45) is 5.28. The van der Waals surface area contributed by atoms with Crippen LogP contribution in [0, 0.1) is 22.7 Å². The van der Waals surface area contributed by atoms with Crippen LogP contribution >= 0.6 is 0 Å². The van der Waals surface area contributed by atoms with E-state index in [1.807, 2.05) is 0 Å². The van der Waals surface area contributed by atoms with Gasteiger partial charge >= 0.3 is 12.4 Å². The van der Waals surface area contributed by atoms with E-state index >= 15 is 0 Å². The zero-order valence-corrected chi connectivity index (χ0v) is 11.5. The molecule has 4 bridgehead atoms. The Kier molecular flexibility index (Phi) is 3.10. The van der Waals surface area contributed by atoms with Crippen molar-refractivity contribution >= 4 is 5.97 Å². The number of rotatable bonds is 4. The van der Waals surface area contributed by atoms with Gasteiger partial charge in [0.1, 0.15) is 0 Å². The predicted octanol–water partition coefficient (Wildman–Crippen LogP) is 3.79. The van der Waals surface area contributed by atoms with E-state index in [4.69, 9.17) is 4.74 Å². The molecule has 2 atom stereocenters. The van der Waals surface area contributed by atoms with E-state index < -0.39 is 12.4 Å². The molecular formula is C15H22F2O2. The Hall–Kier alpha value is -0.670. The molecule has 4 rings (SSSR count). The summed E-state index contributed by atoms with van der Waals surface area (Å²) < 4.78 is 29.4. The molecule has 0 heterocycles. The van der Waals surface area contributed by atoms with Gasteiger partial charge in [-0.05, 0) is 55.8 Å². The average Bonchev–Trinajstić information content (AvgIpc) is 2.34. The first kappa shape index (κ1) is 13.3. The zero-order valence-electron chi connectivity index (χ0n) is 11.5. The van der Waals surface area contributed by atoms with Gasteiger partial charge in [-0.1, -0.05) is 13.3 Å². The van der Waals surface area contributed by atoms with Crippen molar-refractivity contribution in [2.75, 3.05) is 6.61 Å². The van der Waals surface area contributed by atoms with Crippen molar-refractivity contribution in [3.8, 4) is 0 Å². The van der Waals surface area contributed by atoms with Crippen molar-refractivity contribution in [3.05, 3.63) is 0 Å². The Bertz CT molecular complexity index is 366. The third-order valence-corrected chi connectivity index (χ3v) is 5.75. The molecule has 0 aromatic carbocycles. The first-order chi connectivity index (χ1) is 8.96.